The van der Waals surface area contributed by atoms with Gasteiger partial charge in [0.05, 0.1) is 39.6 Å². The van der Waals surface area contributed by atoms with E-state index < -0.39 is 46.1 Å². The summed E-state index contributed by atoms with van der Waals surface area (Å²) in [6.07, 6.45) is 2.86. The summed E-state index contributed by atoms with van der Waals surface area (Å²) < 4.78 is 47.6. The van der Waals surface area contributed by atoms with Gasteiger partial charge in [-0.2, -0.15) is 4.98 Å². The Morgan fingerprint density at radius 1 is 1.18 bits per heavy atom. The van der Waals surface area contributed by atoms with Crippen LogP contribution < -0.4 is 15.9 Å². The van der Waals surface area contributed by atoms with Gasteiger partial charge in [-0.15, -0.1) is 0 Å². The Labute approximate surface area is 251 Å². The van der Waals surface area contributed by atoms with Crippen LogP contribution in [-0.4, -0.2) is 62.2 Å². The Balaban J connectivity index is 1.73. The molecule has 2 aromatic heterocycles. The third kappa shape index (κ3) is 4.39. The van der Waals surface area contributed by atoms with Crippen molar-refractivity contribution in [2.75, 3.05) is 29.9 Å². The molecule has 0 bridgehead atoms. The summed E-state index contributed by atoms with van der Waals surface area (Å²) in [5.74, 6) is -4.51. The molecule has 228 valence electrons. The Hall–Kier alpha value is -4.87. The lowest BCUT2D eigenvalue weighted by molar-refractivity contribution is -0.128. The van der Waals surface area contributed by atoms with Crippen LogP contribution >= 0.6 is 0 Å². The van der Waals surface area contributed by atoms with Crippen molar-refractivity contribution in [2.24, 2.45) is 0 Å². The van der Waals surface area contributed by atoms with Crippen LogP contribution in [0.15, 0.2) is 47.9 Å². The topological polar surface area (TPSA) is 104 Å². The minimum Gasteiger partial charge on any atom is -0.507 e. The van der Waals surface area contributed by atoms with Crippen molar-refractivity contribution >= 4 is 28.3 Å². The number of piperazine rings is 1. The molecule has 2 N–H and O–H groups in total. The number of hydrogen-bond donors (Lipinski definition) is 2. The highest BCUT2D eigenvalue weighted by Gasteiger charge is 2.39. The summed E-state index contributed by atoms with van der Waals surface area (Å²) in [5.41, 5.74) is -0.00793. The van der Waals surface area contributed by atoms with E-state index in [9.17, 15) is 19.1 Å². The minimum absolute atomic E-state index is 0.0897. The fraction of sp³-hybridized carbons (Fsp3) is 0.312. The molecule has 44 heavy (non-hydrogen) atoms. The zero-order chi connectivity index (χ0) is 31.6. The molecule has 4 heterocycles. The number of carbonyl (C=O) groups excluding carboxylic acids is 1. The Morgan fingerprint density at radius 3 is 2.64 bits per heavy atom. The van der Waals surface area contributed by atoms with Crippen molar-refractivity contribution in [3.8, 4) is 22.6 Å². The van der Waals surface area contributed by atoms with Gasteiger partial charge in [0.1, 0.15) is 11.6 Å². The van der Waals surface area contributed by atoms with E-state index in [2.05, 4.69) is 21.9 Å². The maximum atomic E-state index is 16.6. The summed E-state index contributed by atoms with van der Waals surface area (Å²) in [4.78, 5) is 39.3. The molecule has 0 saturated carbocycles. The number of benzene rings is 2. The lowest BCUT2D eigenvalue weighted by Gasteiger charge is -2.45. The first-order chi connectivity index (χ1) is 20.9. The van der Waals surface area contributed by atoms with E-state index in [0.717, 1.165) is 12.1 Å². The second-order valence-electron chi connectivity index (χ2n) is 11.6. The number of nitrogens with one attached hydrogen (secondary N) is 1. The number of phenols is 1. The average Bonchev–Trinajstić information content (AvgIpc) is 3.14. The van der Waals surface area contributed by atoms with Crippen LogP contribution in [0.2, 0.25) is 0 Å². The number of nitrogens with zero attached hydrogens (tertiary/aromatic N) is 5. The van der Waals surface area contributed by atoms with Crippen molar-refractivity contribution in [1.29, 1.82) is 0 Å². The lowest BCUT2D eigenvalue weighted by Crippen LogP contribution is -2.60. The highest BCUT2D eigenvalue weighted by atomic mass is 19.2. The summed E-state index contributed by atoms with van der Waals surface area (Å²) >= 11 is 0. The van der Waals surface area contributed by atoms with Crippen LogP contribution in [0.5, 0.6) is 5.75 Å². The summed E-state index contributed by atoms with van der Waals surface area (Å²) in [7, 11) is 0. The fourth-order valence-corrected chi connectivity index (χ4v) is 6.32. The number of aromatic hydroxyl groups is 1. The summed E-state index contributed by atoms with van der Waals surface area (Å²) in [5, 5.41) is 14.0. The smallest absolute Gasteiger partial charge is 0.354 e. The number of pyridine rings is 1. The first-order valence-corrected chi connectivity index (χ1v) is 14.3. The number of fused-ring (bicyclic) bond motifs is 2. The Kier molecular flexibility index (Phi) is 7.10. The van der Waals surface area contributed by atoms with Crippen LogP contribution in [0.25, 0.3) is 27.7 Å². The van der Waals surface area contributed by atoms with Gasteiger partial charge >= 0.3 is 5.69 Å². The maximum Gasteiger partial charge on any atom is 0.354 e. The zero-order valence-corrected chi connectivity index (χ0v) is 24.7. The van der Waals surface area contributed by atoms with Crippen molar-refractivity contribution < 1.29 is 23.1 Å². The van der Waals surface area contributed by atoms with Gasteiger partial charge in [-0.25, -0.2) is 18.0 Å². The van der Waals surface area contributed by atoms with Gasteiger partial charge in [-0.05, 0) is 55.7 Å². The molecular weight excluding hydrogens is 573 g/mol. The predicted octanol–water partition coefficient (Wildman–Crippen LogP) is 5.02. The number of hydrogen-bond acceptors (Lipinski definition) is 7. The summed E-state index contributed by atoms with van der Waals surface area (Å²) in [6.45, 7) is 11.8. The van der Waals surface area contributed by atoms with Gasteiger partial charge in [-0.1, -0.05) is 20.4 Å². The van der Waals surface area contributed by atoms with Crippen LogP contribution in [-0.2, 0) is 4.79 Å². The zero-order valence-electron chi connectivity index (χ0n) is 24.7. The molecule has 12 heteroatoms. The van der Waals surface area contributed by atoms with E-state index in [1.54, 1.807) is 17.2 Å². The third-order valence-corrected chi connectivity index (χ3v) is 8.45. The van der Waals surface area contributed by atoms with Gasteiger partial charge in [0.15, 0.2) is 17.5 Å². The molecule has 6 rings (SSSR count). The van der Waals surface area contributed by atoms with Crippen LogP contribution in [0.1, 0.15) is 37.9 Å². The molecule has 2 unspecified atom stereocenters. The van der Waals surface area contributed by atoms with E-state index in [4.69, 9.17) is 0 Å². The van der Waals surface area contributed by atoms with E-state index in [0.29, 0.717) is 23.5 Å². The first kappa shape index (κ1) is 29.2. The molecule has 0 aliphatic carbocycles. The van der Waals surface area contributed by atoms with Crippen molar-refractivity contribution in [1.82, 2.24) is 19.4 Å². The molecule has 0 radical (unpaired) electrons. The quantitative estimate of drug-likeness (QED) is 0.316. The molecule has 2 aliphatic rings. The highest BCUT2D eigenvalue weighted by Crippen LogP contribution is 2.45. The third-order valence-electron chi connectivity index (χ3n) is 8.45. The monoisotopic (exact) mass is 604 g/mol. The van der Waals surface area contributed by atoms with Crippen molar-refractivity contribution in [2.45, 2.75) is 45.7 Å². The fourth-order valence-electron chi connectivity index (χ4n) is 6.32. The van der Waals surface area contributed by atoms with Gasteiger partial charge < -0.3 is 20.2 Å². The van der Waals surface area contributed by atoms with Gasteiger partial charge in [0.25, 0.3) is 0 Å². The maximum absolute atomic E-state index is 16.6. The van der Waals surface area contributed by atoms with Crippen LogP contribution in [0.4, 0.5) is 24.7 Å². The van der Waals surface area contributed by atoms with Crippen LogP contribution in [0.3, 0.4) is 0 Å². The second kappa shape index (κ2) is 10.7. The summed E-state index contributed by atoms with van der Waals surface area (Å²) in [6, 6.07) is 3.98. The number of phenolic OH excluding ortho intramolecular Hbond substituents is 1. The molecule has 9 nitrogen and oxygen atoms in total. The minimum atomic E-state index is -1.43. The molecule has 4 aromatic rings. The first-order valence-electron chi connectivity index (χ1n) is 14.3. The highest BCUT2D eigenvalue weighted by molar-refractivity contribution is 6.05. The standard InChI is InChI=1S/C32H31F3N6O3/c1-6-23(43)39-14-18-12-37-29-25-21(11-19(26(29)34)24-22(42)8-7-20(33)27(24)35)41(30-16(4)9-10-36-28(30)15(2)3)32(44)38-31(25)40(18)13-17(39)5/h6-11,15,17-18,37,42H,1,12-14H2,2-5H3. The molecule has 2 atom stereocenters. The molecule has 1 saturated heterocycles. The Bertz CT molecular complexity index is 1920. The van der Waals surface area contributed by atoms with E-state index >= 15 is 8.78 Å². The molecule has 2 aliphatic heterocycles. The molecular formula is C32H31F3N6O3. The number of aromatic nitrogens is 3. The van der Waals surface area contributed by atoms with E-state index in [1.165, 1.54) is 16.7 Å². The normalized spacial score (nSPS) is 17.8. The number of carbonyl (C=O) groups is 1. The Morgan fingerprint density at radius 2 is 1.93 bits per heavy atom. The number of aryl methyl sites for hydroxylation is 1. The second-order valence-corrected chi connectivity index (χ2v) is 11.6. The van der Waals surface area contributed by atoms with Crippen molar-refractivity contribution in [3.63, 3.8) is 0 Å². The number of amides is 1. The van der Waals surface area contributed by atoms with E-state index in [1.807, 2.05) is 32.6 Å². The van der Waals surface area contributed by atoms with Gasteiger partial charge in [0.2, 0.25) is 5.91 Å². The predicted molar refractivity (Wildman–Crippen MR) is 162 cm³/mol. The van der Waals surface area contributed by atoms with Crippen LogP contribution in [0, 0.1) is 24.4 Å². The van der Waals surface area contributed by atoms with Gasteiger partial charge in [-0.3, -0.25) is 14.3 Å². The molecule has 2 aromatic carbocycles. The number of anilines is 2. The molecule has 0 spiro atoms. The lowest BCUT2D eigenvalue weighted by atomic mass is 9.98. The van der Waals surface area contributed by atoms with E-state index in [-0.39, 0.29) is 53.4 Å². The number of rotatable bonds is 4. The largest absolute Gasteiger partial charge is 0.507 e. The number of halogens is 3. The van der Waals surface area contributed by atoms with Gasteiger partial charge in [0, 0.05) is 37.4 Å². The molecule has 1 fully saturated rings. The van der Waals surface area contributed by atoms with Crippen molar-refractivity contribution in [3.05, 3.63) is 82.3 Å². The molecule has 1 amide bonds. The average molecular weight is 605 g/mol. The SMILES string of the molecule is C=CC(=O)N1CC2CNc3c(F)c(-c4c(O)ccc(F)c4F)cc4c3c(nc(=O)n4-c3c(C)ccnc3C(C)C)N2CC1C.